The molecule has 0 spiro atoms. The van der Waals surface area contributed by atoms with Crippen LogP contribution in [0.15, 0.2) is 6.33 Å². The van der Waals surface area contributed by atoms with E-state index in [-0.39, 0.29) is 31.4 Å². The van der Waals surface area contributed by atoms with Crippen LogP contribution >= 0.6 is 0 Å². The van der Waals surface area contributed by atoms with E-state index in [1.165, 1.54) is 0 Å². The quantitative estimate of drug-likeness (QED) is 0.531. The molecule has 0 unspecified atom stereocenters. The molecule has 8 heteroatoms. The van der Waals surface area contributed by atoms with Crippen LogP contribution in [0.2, 0.25) is 0 Å². The minimum absolute atomic E-state index is 0.0870. The van der Waals surface area contributed by atoms with E-state index in [2.05, 4.69) is 20.8 Å². The number of amides is 2. The molecule has 0 radical (unpaired) electrons. The highest BCUT2D eigenvalue weighted by Gasteiger charge is 2.06. The van der Waals surface area contributed by atoms with Gasteiger partial charge in [0, 0.05) is 6.54 Å². The van der Waals surface area contributed by atoms with Crippen LogP contribution in [0.3, 0.4) is 0 Å². The van der Waals surface area contributed by atoms with E-state index in [1.807, 2.05) is 11.5 Å². The molecule has 8 nitrogen and oxygen atoms in total. The smallest absolute Gasteiger partial charge is 0.239 e. The number of nitrogens with zero attached hydrogens (tertiary/aromatic N) is 3. The largest absolute Gasteiger partial charge is 0.347 e. The maximum atomic E-state index is 11.3. The van der Waals surface area contributed by atoms with Crippen LogP contribution in [-0.2, 0) is 22.7 Å². The molecule has 0 aliphatic heterocycles. The zero-order valence-corrected chi connectivity index (χ0v) is 9.64. The topological polar surface area (TPSA) is 115 Å². The van der Waals surface area contributed by atoms with E-state index in [4.69, 9.17) is 5.73 Å². The van der Waals surface area contributed by atoms with Crippen LogP contribution in [0, 0.1) is 0 Å². The second kappa shape index (κ2) is 6.59. The van der Waals surface area contributed by atoms with Gasteiger partial charge in [-0.2, -0.15) is 0 Å². The zero-order valence-electron chi connectivity index (χ0n) is 9.64. The van der Waals surface area contributed by atoms with E-state index in [0.717, 1.165) is 6.54 Å². The van der Waals surface area contributed by atoms with Crippen molar-refractivity contribution < 1.29 is 9.59 Å². The molecular formula is C9H16N6O2. The third-order valence-corrected chi connectivity index (χ3v) is 2.11. The molecule has 1 heterocycles. The first-order chi connectivity index (χ1) is 8.17. The number of nitrogens with two attached hydrogens (primary N) is 1. The van der Waals surface area contributed by atoms with Crippen molar-refractivity contribution in [1.29, 1.82) is 0 Å². The summed E-state index contributed by atoms with van der Waals surface area (Å²) >= 11 is 0. The lowest BCUT2D eigenvalue weighted by molar-refractivity contribution is -0.125. The number of carbonyl (C=O) groups excluding carboxylic acids is 2. The molecule has 0 aliphatic rings. The minimum Gasteiger partial charge on any atom is -0.347 e. The number of hydrogen-bond donors (Lipinski definition) is 3. The maximum Gasteiger partial charge on any atom is 0.239 e. The Morgan fingerprint density at radius 2 is 2.18 bits per heavy atom. The van der Waals surface area contributed by atoms with Gasteiger partial charge in [0.05, 0.1) is 19.6 Å². The summed E-state index contributed by atoms with van der Waals surface area (Å²) < 4.78 is 1.82. The van der Waals surface area contributed by atoms with Gasteiger partial charge in [-0.3, -0.25) is 9.59 Å². The average molecular weight is 240 g/mol. The predicted molar refractivity (Wildman–Crippen MR) is 59.6 cm³/mol. The highest BCUT2D eigenvalue weighted by atomic mass is 16.2. The standard InChI is InChI=1S/C9H16N6O2/c1-2-15-6-13-14-7(15)4-11-9(17)5-12-8(16)3-10/h6H,2-5,10H2,1H3,(H,11,17)(H,12,16). The molecule has 0 saturated carbocycles. The Bertz CT molecular complexity index is 389. The highest BCUT2D eigenvalue weighted by Crippen LogP contribution is 1.93. The van der Waals surface area contributed by atoms with E-state index in [9.17, 15) is 9.59 Å². The average Bonchev–Trinajstić information content (AvgIpc) is 2.80. The summed E-state index contributed by atoms with van der Waals surface area (Å²) in [7, 11) is 0. The predicted octanol–water partition coefficient (Wildman–Crippen LogP) is -2.01. The Balaban J connectivity index is 2.31. The Morgan fingerprint density at radius 3 is 2.82 bits per heavy atom. The number of hydrogen-bond acceptors (Lipinski definition) is 5. The first-order valence-corrected chi connectivity index (χ1v) is 5.27. The van der Waals surface area contributed by atoms with Crippen LogP contribution in [0.5, 0.6) is 0 Å². The summed E-state index contributed by atoms with van der Waals surface area (Å²) in [5.74, 6) is 0.0142. The molecule has 2 amide bonds. The molecule has 0 aliphatic carbocycles. The van der Waals surface area contributed by atoms with Gasteiger partial charge in [-0.1, -0.05) is 0 Å². The normalized spacial score (nSPS) is 10.0. The molecule has 1 aromatic heterocycles. The van der Waals surface area contributed by atoms with Crippen LogP contribution in [-0.4, -0.2) is 39.7 Å². The first-order valence-electron chi connectivity index (χ1n) is 5.27. The van der Waals surface area contributed by atoms with Gasteiger partial charge in [0.2, 0.25) is 11.8 Å². The van der Waals surface area contributed by atoms with E-state index >= 15 is 0 Å². The van der Waals surface area contributed by atoms with Crippen molar-refractivity contribution in [3.8, 4) is 0 Å². The SMILES string of the molecule is CCn1cnnc1CNC(=O)CNC(=O)CN. The fraction of sp³-hybridized carbons (Fsp3) is 0.556. The second-order valence-corrected chi connectivity index (χ2v) is 3.29. The molecule has 1 aromatic rings. The van der Waals surface area contributed by atoms with Crippen LogP contribution in [0.4, 0.5) is 0 Å². The minimum atomic E-state index is -0.364. The Hall–Kier alpha value is -1.96. The van der Waals surface area contributed by atoms with Gasteiger partial charge in [0.15, 0.2) is 5.82 Å². The Kier molecular flexibility index (Phi) is 5.08. The van der Waals surface area contributed by atoms with Crippen LogP contribution in [0.1, 0.15) is 12.7 Å². The maximum absolute atomic E-state index is 11.3. The number of carbonyl (C=O) groups is 2. The van der Waals surface area contributed by atoms with Gasteiger partial charge >= 0.3 is 0 Å². The number of nitrogens with one attached hydrogen (secondary N) is 2. The van der Waals surface area contributed by atoms with Crippen LogP contribution in [0.25, 0.3) is 0 Å². The lowest BCUT2D eigenvalue weighted by Gasteiger charge is -2.06. The van der Waals surface area contributed by atoms with Gasteiger partial charge in [-0.05, 0) is 6.92 Å². The van der Waals surface area contributed by atoms with Crippen molar-refractivity contribution in [2.75, 3.05) is 13.1 Å². The molecule has 0 saturated heterocycles. The summed E-state index contributed by atoms with van der Waals surface area (Å²) in [6.07, 6.45) is 1.59. The van der Waals surface area contributed by atoms with Crippen molar-refractivity contribution in [3.05, 3.63) is 12.2 Å². The van der Waals surface area contributed by atoms with Crippen molar-refractivity contribution in [1.82, 2.24) is 25.4 Å². The zero-order chi connectivity index (χ0) is 12.7. The van der Waals surface area contributed by atoms with Gasteiger partial charge < -0.3 is 20.9 Å². The molecule has 0 aromatic carbocycles. The molecule has 17 heavy (non-hydrogen) atoms. The summed E-state index contributed by atoms with van der Waals surface area (Å²) in [6.45, 7) is 2.76. The van der Waals surface area contributed by atoms with Crippen molar-refractivity contribution in [2.45, 2.75) is 20.0 Å². The summed E-state index contributed by atoms with van der Waals surface area (Å²) in [6, 6.07) is 0. The van der Waals surface area contributed by atoms with E-state index in [0.29, 0.717) is 5.82 Å². The van der Waals surface area contributed by atoms with Gasteiger partial charge in [-0.25, -0.2) is 0 Å². The monoisotopic (exact) mass is 240 g/mol. The molecule has 0 fully saturated rings. The summed E-state index contributed by atoms with van der Waals surface area (Å²) in [5.41, 5.74) is 5.08. The lowest BCUT2D eigenvalue weighted by Crippen LogP contribution is -2.39. The number of aryl methyl sites for hydroxylation is 1. The van der Waals surface area contributed by atoms with E-state index in [1.54, 1.807) is 6.33 Å². The van der Waals surface area contributed by atoms with Crippen molar-refractivity contribution in [2.24, 2.45) is 5.73 Å². The molecule has 0 bridgehead atoms. The summed E-state index contributed by atoms with van der Waals surface area (Å²) in [5, 5.41) is 12.6. The molecule has 4 N–H and O–H groups in total. The van der Waals surface area contributed by atoms with Crippen molar-refractivity contribution in [3.63, 3.8) is 0 Å². The fourth-order valence-corrected chi connectivity index (χ4v) is 1.17. The molecule has 0 atom stereocenters. The van der Waals surface area contributed by atoms with E-state index < -0.39 is 0 Å². The third-order valence-electron chi connectivity index (χ3n) is 2.11. The molecule has 94 valence electrons. The second-order valence-electron chi connectivity index (χ2n) is 3.29. The highest BCUT2D eigenvalue weighted by molar-refractivity contribution is 5.85. The first kappa shape index (κ1) is 13.1. The number of rotatable bonds is 6. The Morgan fingerprint density at radius 1 is 1.41 bits per heavy atom. The molecular weight excluding hydrogens is 224 g/mol. The van der Waals surface area contributed by atoms with Gasteiger partial charge in [-0.15, -0.1) is 10.2 Å². The fourth-order valence-electron chi connectivity index (χ4n) is 1.17. The van der Waals surface area contributed by atoms with Crippen molar-refractivity contribution >= 4 is 11.8 Å². The summed E-state index contributed by atoms with van der Waals surface area (Å²) in [4.78, 5) is 22.1. The van der Waals surface area contributed by atoms with Crippen LogP contribution < -0.4 is 16.4 Å². The van der Waals surface area contributed by atoms with Gasteiger partial charge in [0.25, 0.3) is 0 Å². The third kappa shape index (κ3) is 4.19. The van der Waals surface area contributed by atoms with Gasteiger partial charge in [0.1, 0.15) is 6.33 Å². The molecule has 1 rings (SSSR count). The lowest BCUT2D eigenvalue weighted by atomic mass is 10.5. The number of aromatic nitrogens is 3. The Labute approximate surface area is 98.6 Å².